The Kier molecular flexibility index (Phi) is 4.96. The summed E-state index contributed by atoms with van der Waals surface area (Å²) < 4.78 is 6.62. The van der Waals surface area contributed by atoms with Gasteiger partial charge in [-0.2, -0.15) is 9.78 Å². The first kappa shape index (κ1) is 17.8. The fourth-order valence-corrected chi connectivity index (χ4v) is 3.50. The van der Waals surface area contributed by atoms with Gasteiger partial charge < -0.3 is 9.42 Å². The van der Waals surface area contributed by atoms with E-state index >= 15 is 0 Å². The standard InChI is InChI=1S/C19H20ClN5O2/c1-14-11-16(27-22-14)13-23-7-9-24(10-8-23)17-12-21-25(19(26)18(17)20)15-5-3-2-4-6-15/h2-6,11-12H,7-10,13H2,1H3. The molecule has 0 saturated carbocycles. The number of para-hydroxylation sites is 1. The predicted octanol–water partition coefficient (Wildman–Crippen LogP) is 2.50. The van der Waals surface area contributed by atoms with Gasteiger partial charge in [-0.3, -0.25) is 9.69 Å². The lowest BCUT2D eigenvalue weighted by molar-refractivity contribution is 0.219. The van der Waals surface area contributed by atoms with Crippen LogP contribution in [-0.4, -0.2) is 46.0 Å². The highest BCUT2D eigenvalue weighted by Gasteiger charge is 2.22. The molecule has 0 amide bonds. The number of hydrogen-bond acceptors (Lipinski definition) is 6. The van der Waals surface area contributed by atoms with Crippen molar-refractivity contribution < 1.29 is 4.52 Å². The minimum absolute atomic E-state index is 0.202. The molecule has 0 aliphatic carbocycles. The summed E-state index contributed by atoms with van der Waals surface area (Å²) in [6, 6.07) is 11.2. The topological polar surface area (TPSA) is 67.4 Å². The second-order valence-corrected chi connectivity index (χ2v) is 6.97. The van der Waals surface area contributed by atoms with Crippen LogP contribution in [0.4, 0.5) is 5.69 Å². The van der Waals surface area contributed by atoms with Crippen molar-refractivity contribution in [2.45, 2.75) is 13.5 Å². The zero-order chi connectivity index (χ0) is 18.8. The van der Waals surface area contributed by atoms with Gasteiger partial charge >= 0.3 is 0 Å². The van der Waals surface area contributed by atoms with Crippen molar-refractivity contribution in [3.05, 3.63) is 69.4 Å². The van der Waals surface area contributed by atoms with Gasteiger partial charge in [0.1, 0.15) is 5.02 Å². The number of nitrogens with zero attached hydrogens (tertiary/aromatic N) is 5. The molecule has 3 heterocycles. The molecule has 0 N–H and O–H groups in total. The average Bonchev–Trinajstić information content (AvgIpc) is 3.10. The number of aryl methyl sites for hydroxylation is 1. The first-order valence-corrected chi connectivity index (χ1v) is 9.22. The molecule has 140 valence electrons. The van der Waals surface area contributed by atoms with E-state index in [1.807, 2.05) is 43.3 Å². The lowest BCUT2D eigenvalue weighted by Crippen LogP contribution is -2.46. The van der Waals surface area contributed by atoms with Gasteiger partial charge in [0.25, 0.3) is 5.56 Å². The van der Waals surface area contributed by atoms with E-state index in [9.17, 15) is 4.79 Å². The molecule has 4 rings (SSSR count). The highest BCUT2D eigenvalue weighted by atomic mass is 35.5. The summed E-state index contributed by atoms with van der Waals surface area (Å²) in [7, 11) is 0. The lowest BCUT2D eigenvalue weighted by Gasteiger charge is -2.35. The summed E-state index contributed by atoms with van der Waals surface area (Å²) >= 11 is 6.40. The predicted molar refractivity (Wildman–Crippen MR) is 104 cm³/mol. The maximum Gasteiger partial charge on any atom is 0.292 e. The number of hydrogen-bond donors (Lipinski definition) is 0. The molecule has 1 saturated heterocycles. The van der Waals surface area contributed by atoms with Gasteiger partial charge in [0.05, 0.1) is 29.8 Å². The second kappa shape index (κ2) is 7.54. The van der Waals surface area contributed by atoms with E-state index in [1.165, 1.54) is 4.68 Å². The molecule has 7 nitrogen and oxygen atoms in total. The average molecular weight is 386 g/mol. The highest BCUT2D eigenvalue weighted by molar-refractivity contribution is 6.33. The molecule has 27 heavy (non-hydrogen) atoms. The third kappa shape index (κ3) is 3.74. The highest BCUT2D eigenvalue weighted by Crippen LogP contribution is 2.23. The maximum atomic E-state index is 12.7. The van der Waals surface area contributed by atoms with Crippen molar-refractivity contribution >= 4 is 17.3 Å². The van der Waals surface area contributed by atoms with E-state index in [4.69, 9.17) is 16.1 Å². The molecule has 8 heteroatoms. The molecule has 0 unspecified atom stereocenters. The summed E-state index contributed by atoms with van der Waals surface area (Å²) in [6.45, 7) is 5.87. The van der Waals surface area contributed by atoms with Crippen molar-refractivity contribution in [1.82, 2.24) is 19.8 Å². The molecule has 1 aliphatic rings. The molecule has 0 spiro atoms. The van der Waals surface area contributed by atoms with Crippen molar-refractivity contribution in [2.75, 3.05) is 31.1 Å². The first-order chi connectivity index (χ1) is 13.1. The Bertz CT molecular complexity index is 977. The van der Waals surface area contributed by atoms with Crippen molar-refractivity contribution in [2.24, 2.45) is 0 Å². The first-order valence-electron chi connectivity index (χ1n) is 8.84. The third-order valence-electron chi connectivity index (χ3n) is 4.67. The summed E-state index contributed by atoms with van der Waals surface area (Å²) in [5.41, 5.74) is 1.97. The van der Waals surface area contributed by atoms with E-state index in [2.05, 4.69) is 20.1 Å². The Labute approximate surface area is 161 Å². The van der Waals surface area contributed by atoms with Crippen LogP contribution in [0.1, 0.15) is 11.5 Å². The molecule has 1 aromatic carbocycles. The van der Waals surface area contributed by atoms with E-state index < -0.39 is 0 Å². The van der Waals surface area contributed by atoms with E-state index in [-0.39, 0.29) is 10.6 Å². The summed E-state index contributed by atoms with van der Waals surface area (Å²) in [6.07, 6.45) is 1.67. The molecule has 0 atom stereocenters. The zero-order valence-corrected chi connectivity index (χ0v) is 15.8. The summed E-state index contributed by atoms with van der Waals surface area (Å²) in [4.78, 5) is 17.1. The fourth-order valence-electron chi connectivity index (χ4n) is 3.26. The van der Waals surface area contributed by atoms with Crippen LogP contribution in [0.15, 0.2) is 51.9 Å². The molecule has 2 aromatic heterocycles. The van der Waals surface area contributed by atoms with Gasteiger partial charge in [-0.25, -0.2) is 0 Å². The van der Waals surface area contributed by atoms with Gasteiger partial charge in [-0.1, -0.05) is 35.0 Å². The van der Waals surface area contributed by atoms with Crippen LogP contribution in [-0.2, 0) is 6.54 Å². The van der Waals surface area contributed by atoms with Crippen LogP contribution < -0.4 is 10.5 Å². The maximum absolute atomic E-state index is 12.7. The van der Waals surface area contributed by atoms with Crippen molar-refractivity contribution in [1.29, 1.82) is 0 Å². The Hall–Kier alpha value is -2.64. The van der Waals surface area contributed by atoms with Gasteiger partial charge in [0.15, 0.2) is 5.76 Å². The number of rotatable bonds is 4. The van der Waals surface area contributed by atoms with E-state index in [0.29, 0.717) is 11.4 Å². The van der Waals surface area contributed by atoms with E-state index in [1.54, 1.807) is 6.20 Å². The van der Waals surface area contributed by atoms with Gasteiger partial charge in [-0.15, -0.1) is 0 Å². The number of anilines is 1. The normalized spacial score (nSPS) is 15.3. The summed E-state index contributed by atoms with van der Waals surface area (Å²) in [5, 5.41) is 8.44. The lowest BCUT2D eigenvalue weighted by atomic mass is 10.2. The fraction of sp³-hybridized carbons (Fsp3) is 0.316. The molecule has 1 fully saturated rings. The third-order valence-corrected chi connectivity index (χ3v) is 5.03. The molecular formula is C19H20ClN5O2. The quantitative estimate of drug-likeness (QED) is 0.687. The Morgan fingerprint density at radius 3 is 2.56 bits per heavy atom. The number of piperazine rings is 1. The molecule has 3 aromatic rings. The minimum atomic E-state index is -0.306. The molecule has 0 bridgehead atoms. The van der Waals surface area contributed by atoms with Gasteiger partial charge in [0, 0.05) is 32.2 Å². The van der Waals surface area contributed by atoms with Gasteiger partial charge in [-0.05, 0) is 19.1 Å². The van der Waals surface area contributed by atoms with Crippen LogP contribution in [0.3, 0.4) is 0 Å². The second-order valence-electron chi connectivity index (χ2n) is 6.59. The number of halogens is 1. The van der Waals surface area contributed by atoms with Crippen molar-refractivity contribution in [3.8, 4) is 5.69 Å². The minimum Gasteiger partial charge on any atom is -0.366 e. The van der Waals surface area contributed by atoms with Crippen LogP contribution in [0.25, 0.3) is 5.69 Å². The number of benzene rings is 1. The van der Waals surface area contributed by atoms with E-state index in [0.717, 1.165) is 44.2 Å². The van der Waals surface area contributed by atoms with Crippen LogP contribution >= 0.6 is 11.6 Å². The van der Waals surface area contributed by atoms with Crippen LogP contribution in [0.5, 0.6) is 0 Å². The zero-order valence-electron chi connectivity index (χ0n) is 15.0. The Morgan fingerprint density at radius 2 is 1.89 bits per heavy atom. The van der Waals surface area contributed by atoms with Crippen LogP contribution in [0, 0.1) is 6.92 Å². The largest absolute Gasteiger partial charge is 0.366 e. The van der Waals surface area contributed by atoms with Gasteiger partial charge in [0.2, 0.25) is 0 Å². The smallest absolute Gasteiger partial charge is 0.292 e. The van der Waals surface area contributed by atoms with Crippen LogP contribution in [0.2, 0.25) is 5.02 Å². The summed E-state index contributed by atoms with van der Waals surface area (Å²) in [5.74, 6) is 0.867. The Morgan fingerprint density at radius 1 is 1.15 bits per heavy atom. The Balaban J connectivity index is 1.47. The number of aromatic nitrogens is 3. The molecular weight excluding hydrogens is 366 g/mol. The monoisotopic (exact) mass is 385 g/mol. The SMILES string of the molecule is Cc1cc(CN2CCN(c3cnn(-c4ccccc4)c(=O)c3Cl)CC2)on1. The van der Waals surface area contributed by atoms with Crippen molar-refractivity contribution in [3.63, 3.8) is 0 Å². The molecule has 0 radical (unpaired) electrons. The molecule has 1 aliphatic heterocycles.